The van der Waals surface area contributed by atoms with Crippen molar-refractivity contribution in [2.75, 3.05) is 37.7 Å². The number of nitrogens with zero attached hydrogens (tertiary/aromatic N) is 2. The third kappa shape index (κ3) is 2.98. The lowest BCUT2D eigenvalue weighted by atomic mass is 10.2. The highest BCUT2D eigenvalue weighted by atomic mass is 32.2. The van der Waals surface area contributed by atoms with Gasteiger partial charge in [-0.1, -0.05) is 0 Å². The molecule has 1 atom stereocenters. The molecular weight excluding hydrogens is 260 g/mol. The summed E-state index contributed by atoms with van der Waals surface area (Å²) in [5.74, 6) is 2.66. The van der Waals surface area contributed by atoms with Crippen molar-refractivity contribution in [3.8, 4) is 0 Å². The summed E-state index contributed by atoms with van der Waals surface area (Å²) in [5.41, 5.74) is 0.671. The molecule has 19 heavy (non-hydrogen) atoms. The Morgan fingerprint density at radius 3 is 3.00 bits per heavy atom. The van der Waals surface area contributed by atoms with E-state index >= 15 is 0 Å². The molecule has 3 heterocycles. The van der Waals surface area contributed by atoms with Crippen LogP contribution in [0.5, 0.6) is 0 Å². The average molecular weight is 280 g/mol. The van der Waals surface area contributed by atoms with Gasteiger partial charge in [0, 0.05) is 38.0 Å². The van der Waals surface area contributed by atoms with Crippen LogP contribution in [-0.2, 0) is 0 Å². The van der Waals surface area contributed by atoms with Gasteiger partial charge in [-0.05, 0) is 24.7 Å². The van der Waals surface area contributed by atoms with Crippen molar-refractivity contribution in [3.05, 3.63) is 24.2 Å². The molecule has 104 valence electrons. The van der Waals surface area contributed by atoms with E-state index in [1.165, 1.54) is 17.9 Å². The van der Waals surface area contributed by atoms with Crippen LogP contribution in [0.2, 0.25) is 0 Å². The summed E-state index contributed by atoms with van der Waals surface area (Å²) in [7, 11) is 0. The van der Waals surface area contributed by atoms with Crippen LogP contribution in [0.1, 0.15) is 23.2 Å². The standard InChI is InChI=1S/C14H20N2O2S/c17-14(12-2-8-18-10-12)16-5-1-4-15(6-7-16)13-3-9-19-11-13/h2,8,10,13H,1,3-7,9,11H2/t13-/m0/s1. The Hall–Kier alpha value is -0.940. The number of carbonyl (C=O) groups is 1. The van der Waals surface area contributed by atoms with Crippen LogP contribution in [0.25, 0.3) is 0 Å². The Kier molecular flexibility index (Phi) is 4.13. The molecule has 2 aliphatic heterocycles. The van der Waals surface area contributed by atoms with Crippen LogP contribution in [0.4, 0.5) is 0 Å². The Bertz CT molecular complexity index is 415. The van der Waals surface area contributed by atoms with Crippen molar-refractivity contribution < 1.29 is 9.21 Å². The SMILES string of the molecule is O=C(c1ccoc1)N1CCCN([C@H]2CCSC2)CC1. The van der Waals surface area contributed by atoms with Gasteiger partial charge in [-0.15, -0.1) is 0 Å². The van der Waals surface area contributed by atoms with Crippen molar-refractivity contribution in [3.63, 3.8) is 0 Å². The zero-order chi connectivity index (χ0) is 13.1. The third-order valence-electron chi connectivity index (χ3n) is 4.01. The summed E-state index contributed by atoms with van der Waals surface area (Å²) < 4.78 is 5.00. The summed E-state index contributed by atoms with van der Waals surface area (Å²) in [6.07, 6.45) is 5.48. The number of amides is 1. The van der Waals surface area contributed by atoms with Gasteiger partial charge >= 0.3 is 0 Å². The zero-order valence-corrected chi connectivity index (χ0v) is 11.9. The highest BCUT2D eigenvalue weighted by Crippen LogP contribution is 2.23. The molecule has 0 N–H and O–H groups in total. The topological polar surface area (TPSA) is 36.7 Å². The summed E-state index contributed by atoms with van der Waals surface area (Å²) in [5, 5.41) is 0. The first-order valence-electron chi connectivity index (χ1n) is 6.98. The highest BCUT2D eigenvalue weighted by molar-refractivity contribution is 7.99. The van der Waals surface area contributed by atoms with E-state index in [0.29, 0.717) is 5.56 Å². The summed E-state index contributed by atoms with van der Waals surface area (Å²) >= 11 is 2.05. The molecule has 0 bridgehead atoms. The number of hydrogen-bond acceptors (Lipinski definition) is 4. The first-order chi connectivity index (χ1) is 9.34. The van der Waals surface area contributed by atoms with E-state index in [-0.39, 0.29) is 5.91 Å². The molecule has 0 spiro atoms. The van der Waals surface area contributed by atoms with Gasteiger partial charge in [0.15, 0.2) is 0 Å². The maximum Gasteiger partial charge on any atom is 0.257 e. The summed E-state index contributed by atoms with van der Waals surface area (Å²) in [6, 6.07) is 2.48. The fraction of sp³-hybridized carbons (Fsp3) is 0.643. The van der Waals surface area contributed by atoms with E-state index in [1.54, 1.807) is 18.6 Å². The van der Waals surface area contributed by atoms with Gasteiger partial charge in [-0.3, -0.25) is 9.69 Å². The van der Waals surface area contributed by atoms with Gasteiger partial charge < -0.3 is 9.32 Å². The van der Waals surface area contributed by atoms with E-state index in [9.17, 15) is 4.79 Å². The number of carbonyl (C=O) groups excluding carboxylic acids is 1. The molecule has 1 amide bonds. The first kappa shape index (κ1) is 13.1. The lowest BCUT2D eigenvalue weighted by Crippen LogP contribution is -2.39. The van der Waals surface area contributed by atoms with Gasteiger partial charge in [0.25, 0.3) is 5.91 Å². The molecule has 1 aromatic heterocycles. The number of rotatable bonds is 2. The second kappa shape index (κ2) is 6.01. The van der Waals surface area contributed by atoms with Gasteiger partial charge in [0.1, 0.15) is 6.26 Å². The van der Waals surface area contributed by atoms with Crippen molar-refractivity contribution in [2.24, 2.45) is 0 Å². The summed E-state index contributed by atoms with van der Waals surface area (Å²) in [6.45, 7) is 3.83. The lowest BCUT2D eigenvalue weighted by Gasteiger charge is -2.26. The molecule has 0 saturated carbocycles. The maximum atomic E-state index is 12.3. The van der Waals surface area contributed by atoms with Crippen molar-refractivity contribution in [2.45, 2.75) is 18.9 Å². The van der Waals surface area contributed by atoms with Crippen LogP contribution >= 0.6 is 11.8 Å². The molecule has 0 aliphatic carbocycles. The zero-order valence-electron chi connectivity index (χ0n) is 11.1. The normalized spacial score (nSPS) is 25.5. The maximum absolute atomic E-state index is 12.3. The predicted octanol–water partition coefficient (Wildman–Crippen LogP) is 1.93. The van der Waals surface area contributed by atoms with Crippen LogP contribution in [0.3, 0.4) is 0 Å². The van der Waals surface area contributed by atoms with E-state index in [2.05, 4.69) is 16.7 Å². The molecule has 0 unspecified atom stereocenters. The minimum Gasteiger partial charge on any atom is -0.472 e. The van der Waals surface area contributed by atoms with Gasteiger partial charge in [0.05, 0.1) is 11.8 Å². The van der Waals surface area contributed by atoms with Crippen molar-refractivity contribution in [1.29, 1.82) is 0 Å². The first-order valence-corrected chi connectivity index (χ1v) is 8.13. The summed E-state index contributed by atoms with van der Waals surface area (Å²) in [4.78, 5) is 16.8. The third-order valence-corrected chi connectivity index (χ3v) is 5.15. The van der Waals surface area contributed by atoms with Crippen LogP contribution < -0.4 is 0 Å². The molecule has 4 nitrogen and oxygen atoms in total. The Morgan fingerprint density at radius 2 is 2.26 bits per heavy atom. The number of furan rings is 1. The smallest absolute Gasteiger partial charge is 0.257 e. The molecule has 3 rings (SSSR count). The molecule has 2 fully saturated rings. The molecule has 0 aromatic carbocycles. The fourth-order valence-corrected chi connectivity index (χ4v) is 4.14. The fourth-order valence-electron chi connectivity index (χ4n) is 2.88. The number of thioether (sulfide) groups is 1. The monoisotopic (exact) mass is 280 g/mol. The molecule has 5 heteroatoms. The second-order valence-electron chi connectivity index (χ2n) is 5.21. The van der Waals surface area contributed by atoms with Crippen molar-refractivity contribution >= 4 is 17.7 Å². The lowest BCUT2D eigenvalue weighted by molar-refractivity contribution is 0.0758. The molecule has 2 saturated heterocycles. The minimum atomic E-state index is 0.108. The van der Waals surface area contributed by atoms with E-state index < -0.39 is 0 Å². The average Bonchev–Trinajstić information content (AvgIpc) is 3.08. The van der Waals surface area contributed by atoms with Crippen LogP contribution in [0.15, 0.2) is 23.0 Å². The van der Waals surface area contributed by atoms with Gasteiger partial charge in [0.2, 0.25) is 0 Å². The Balaban J connectivity index is 1.59. The van der Waals surface area contributed by atoms with E-state index in [4.69, 9.17) is 4.42 Å². The molecule has 0 radical (unpaired) electrons. The van der Waals surface area contributed by atoms with E-state index in [1.807, 2.05) is 4.90 Å². The number of hydrogen-bond donors (Lipinski definition) is 0. The Labute approximate surface area is 118 Å². The predicted molar refractivity (Wildman–Crippen MR) is 76.5 cm³/mol. The molecular formula is C14H20N2O2S. The van der Waals surface area contributed by atoms with E-state index in [0.717, 1.165) is 38.6 Å². The Morgan fingerprint density at radius 1 is 1.32 bits per heavy atom. The quantitative estimate of drug-likeness (QED) is 0.829. The van der Waals surface area contributed by atoms with Crippen LogP contribution in [0, 0.1) is 0 Å². The highest BCUT2D eigenvalue weighted by Gasteiger charge is 2.26. The van der Waals surface area contributed by atoms with Gasteiger partial charge in [-0.25, -0.2) is 0 Å². The molecule has 1 aromatic rings. The van der Waals surface area contributed by atoms with Crippen LogP contribution in [-0.4, -0.2) is 59.4 Å². The molecule has 2 aliphatic rings. The second-order valence-corrected chi connectivity index (χ2v) is 6.36. The largest absolute Gasteiger partial charge is 0.472 e. The van der Waals surface area contributed by atoms with Gasteiger partial charge in [-0.2, -0.15) is 11.8 Å². The minimum absolute atomic E-state index is 0.108. The van der Waals surface area contributed by atoms with Crippen molar-refractivity contribution in [1.82, 2.24) is 9.80 Å².